The molecule has 1 fully saturated rings. The summed E-state index contributed by atoms with van der Waals surface area (Å²) in [6.07, 6.45) is 0. The molecular weight excluding hydrogens is 424 g/mol. The van der Waals surface area contributed by atoms with Crippen LogP contribution in [0, 0.1) is 11.8 Å². The Morgan fingerprint density at radius 3 is 2.58 bits per heavy atom. The van der Waals surface area contributed by atoms with Crippen molar-refractivity contribution in [1.29, 1.82) is 0 Å². The Morgan fingerprint density at radius 1 is 1.06 bits per heavy atom. The summed E-state index contributed by atoms with van der Waals surface area (Å²) in [5.74, 6) is 1.91. The smallest absolute Gasteiger partial charge is 0.231 e. The number of rotatable bonds is 7. The number of fused-ring (bicyclic) bond motifs is 1. The molecule has 0 bridgehead atoms. The van der Waals surface area contributed by atoms with Crippen LogP contribution in [0.4, 0.5) is 0 Å². The average molecular weight is 455 g/mol. The van der Waals surface area contributed by atoms with Crippen LogP contribution in [0.2, 0.25) is 0 Å². The van der Waals surface area contributed by atoms with Crippen LogP contribution in [0.3, 0.4) is 0 Å². The van der Waals surface area contributed by atoms with Gasteiger partial charge in [0.2, 0.25) is 18.6 Å². The van der Waals surface area contributed by atoms with Gasteiger partial charge in [-0.15, -0.1) is 0 Å². The van der Waals surface area contributed by atoms with Crippen LogP contribution in [-0.2, 0) is 16.1 Å². The zero-order valence-electron chi connectivity index (χ0n) is 19.4. The van der Waals surface area contributed by atoms with Crippen LogP contribution < -0.4 is 24.3 Å². The van der Waals surface area contributed by atoms with Crippen molar-refractivity contribution in [2.45, 2.75) is 26.3 Å². The van der Waals surface area contributed by atoms with Crippen LogP contribution in [0.1, 0.15) is 30.9 Å². The van der Waals surface area contributed by atoms with Crippen LogP contribution in [-0.4, -0.2) is 50.8 Å². The van der Waals surface area contributed by atoms with Crippen molar-refractivity contribution in [2.75, 3.05) is 34.1 Å². The molecule has 2 unspecified atom stereocenters. The molecule has 8 heteroatoms. The number of hydrogen-bond donors (Lipinski definition) is 1. The van der Waals surface area contributed by atoms with E-state index in [1.807, 2.05) is 50.2 Å². The molecule has 8 nitrogen and oxygen atoms in total. The SMILES string of the molecule is COc1ccc(C2CN(C(=O)C(C)C)CC2C(=O)NCc2ccc3c(c2)OCO3)c(OC)c1. The maximum Gasteiger partial charge on any atom is 0.231 e. The van der Waals surface area contributed by atoms with Crippen LogP contribution in [0.5, 0.6) is 23.0 Å². The van der Waals surface area contributed by atoms with E-state index < -0.39 is 5.92 Å². The second kappa shape index (κ2) is 9.60. The lowest BCUT2D eigenvalue weighted by atomic mass is 9.87. The molecule has 0 radical (unpaired) electrons. The molecule has 176 valence electrons. The lowest BCUT2D eigenvalue weighted by molar-refractivity contribution is -0.133. The number of benzene rings is 2. The number of amides is 2. The number of nitrogens with zero attached hydrogens (tertiary/aromatic N) is 1. The topological polar surface area (TPSA) is 86.3 Å². The lowest BCUT2D eigenvalue weighted by Gasteiger charge is -2.21. The van der Waals surface area contributed by atoms with Gasteiger partial charge in [0, 0.05) is 43.1 Å². The monoisotopic (exact) mass is 454 g/mol. The molecule has 2 aliphatic heterocycles. The summed E-state index contributed by atoms with van der Waals surface area (Å²) in [6, 6.07) is 11.2. The molecule has 0 spiro atoms. The largest absolute Gasteiger partial charge is 0.497 e. The van der Waals surface area contributed by atoms with E-state index >= 15 is 0 Å². The predicted octanol–water partition coefficient (Wildman–Crippen LogP) is 2.95. The maximum atomic E-state index is 13.3. The highest BCUT2D eigenvalue weighted by atomic mass is 16.7. The second-order valence-electron chi connectivity index (χ2n) is 8.62. The first-order valence-electron chi connectivity index (χ1n) is 11.1. The first-order valence-corrected chi connectivity index (χ1v) is 11.1. The molecule has 2 aliphatic rings. The number of hydrogen-bond acceptors (Lipinski definition) is 6. The van der Waals surface area contributed by atoms with Crippen molar-refractivity contribution in [2.24, 2.45) is 11.8 Å². The fourth-order valence-electron chi connectivity index (χ4n) is 4.43. The maximum absolute atomic E-state index is 13.3. The lowest BCUT2D eigenvalue weighted by Crippen LogP contribution is -2.36. The van der Waals surface area contributed by atoms with Gasteiger partial charge >= 0.3 is 0 Å². The first-order chi connectivity index (χ1) is 15.9. The summed E-state index contributed by atoms with van der Waals surface area (Å²) in [7, 11) is 3.19. The van der Waals surface area contributed by atoms with Crippen molar-refractivity contribution in [3.8, 4) is 23.0 Å². The van der Waals surface area contributed by atoms with E-state index in [2.05, 4.69) is 5.32 Å². The van der Waals surface area contributed by atoms with Crippen LogP contribution in [0.15, 0.2) is 36.4 Å². The molecule has 0 aromatic heterocycles. The molecule has 2 heterocycles. The molecule has 1 saturated heterocycles. The van der Waals surface area contributed by atoms with Gasteiger partial charge in [-0.25, -0.2) is 0 Å². The summed E-state index contributed by atoms with van der Waals surface area (Å²) in [4.78, 5) is 27.9. The number of carbonyl (C=O) groups excluding carboxylic acids is 2. The summed E-state index contributed by atoms with van der Waals surface area (Å²) in [6.45, 7) is 5.14. The van der Waals surface area contributed by atoms with E-state index in [9.17, 15) is 9.59 Å². The normalized spacial score (nSPS) is 19.0. The quantitative estimate of drug-likeness (QED) is 0.692. The minimum atomic E-state index is -0.399. The van der Waals surface area contributed by atoms with Gasteiger partial charge in [0.1, 0.15) is 11.5 Å². The Kier molecular flexibility index (Phi) is 6.62. The standard InChI is InChI=1S/C25H30N2O6/c1-15(2)25(29)27-12-19(18-7-6-17(30-3)10-22(18)31-4)20(13-27)24(28)26-11-16-5-8-21-23(9-16)33-14-32-21/h5-10,15,19-20H,11-14H2,1-4H3,(H,26,28). The summed E-state index contributed by atoms with van der Waals surface area (Å²) >= 11 is 0. The van der Waals surface area contributed by atoms with Gasteiger partial charge in [0.05, 0.1) is 20.1 Å². The van der Waals surface area contributed by atoms with Crippen molar-refractivity contribution < 1.29 is 28.5 Å². The van der Waals surface area contributed by atoms with Gasteiger partial charge in [-0.2, -0.15) is 0 Å². The highest BCUT2D eigenvalue weighted by molar-refractivity contribution is 5.84. The third kappa shape index (κ3) is 4.69. The number of carbonyl (C=O) groups is 2. The first kappa shape index (κ1) is 22.8. The van der Waals surface area contributed by atoms with Crippen molar-refractivity contribution >= 4 is 11.8 Å². The van der Waals surface area contributed by atoms with Gasteiger partial charge in [0.25, 0.3) is 0 Å². The molecule has 0 saturated carbocycles. The molecule has 1 N–H and O–H groups in total. The molecule has 2 aromatic rings. The Labute approximate surface area is 193 Å². The molecular formula is C25H30N2O6. The van der Waals surface area contributed by atoms with Gasteiger partial charge < -0.3 is 29.2 Å². The fourth-order valence-corrected chi connectivity index (χ4v) is 4.43. The van der Waals surface area contributed by atoms with Crippen LogP contribution >= 0.6 is 0 Å². The molecule has 2 amide bonds. The second-order valence-corrected chi connectivity index (χ2v) is 8.62. The molecule has 2 aromatic carbocycles. The van der Waals surface area contributed by atoms with Gasteiger partial charge in [-0.05, 0) is 23.8 Å². The zero-order valence-corrected chi connectivity index (χ0v) is 19.4. The predicted molar refractivity (Wildman–Crippen MR) is 122 cm³/mol. The average Bonchev–Trinajstić information content (AvgIpc) is 3.48. The Bertz CT molecular complexity index is 1040. The summed E-state index contributed by atoms with van der Waals surface area (Å²) < 4.78 is 21.7. The highest BCUT2D eigenvalue weighted by Crippen LogP contribution is 2.40. The van der Waals surface area contributed by atoms with E-state index in [-0.39, 0.29) is 30.4 Å². The van der Waals surface area contributed by atoms with E-state index in [1.54, 1.807) is 19.1 Å². The van der Waals surface area contributed by atoms with Crippen LogP contribution in [0.25, 0.3) is 0 Å². The Morgan fingerprint density at radius 2 is 1.85 bits per heavy atom. The fraction of sp³-hybridized carbons (Fsp3) is 0.440. The molecule has 33 heavy (non-hydrogen) atoms. The Hall–Kier alpha value is -3.42. The minimum absolute atomic E-state index is 0.0403. The van der Waals surface area contributed by atoms with Crippen molar-refractivity contribution in [3.05, 3.63) is 47.5 Å². The number of likely N-dealkylation sites (tertiary alicyclic amines) is 1. The van der Waals surface area contributed by atoms with E-state index in [0.29, 0.717) is 42.6 Å². The number of ether oxygens (including phenoxy) is 4. The van der Waals surface area contributed by atoms with E-state index in [1.165, 1.54) is 0 Å². The number of nitrogens with one attached hydrogen (secondary N) is 1. The van der Waals surface area contributed by atoms with E-state index in [4.69, 9.17) is 18.9 Å². The molecule has 4 rings (SSSR count). The zero-order chi connectivity index (χ0) is 23.5. The van der Waals surface area contributed by atoms with Gasteiger partial charge in [-0.3, -0.25) is 9.59 Å². The minimum Gasteiger partial charge on any atom is -0.497 e. The molecule has 0 aliphatic carbocycles. The number of methoxy groups -OCH3 is 2. The Balaban J connectivity index is 1.55. The van der Waals surface area contributed by atoms with Gasteiger partial charge in [-0.1, -0.05) is 26.0 Å². The third-order valence-corrected chi connectivity index (χ3v) is 6.21. The van der Waals surface area contributed by atoms with Crippen molar-refractivity contribution in [3.63, 3.8) is 0 Å². The van der Waals surface area contributed by atoms with Crippen molar-refractivity contribution in [1.82, 2.24) is 10.2 Å². The summed E-state index contributed by atoms with van der Waals surface area (Å²) in [5, 5.41) is 3.04. The molecule has 2 atom stereocenters. The summed E-state index contributed by atoms with van der Waals surface area (Å²) in [5.41, 5.74) is 1.81. The van der Waals surface area contributed by atoms with E-state index in [0.717, 1.165) is 11.1 Å². The van der Waals surface area contributed by atoms with Gasteiger partial charge in [0.15, 0.2) is 11.5 Å². The highest BCUT2D eigenvalue weighted by Gasteiger charge is 2.42. The third-order valence-electron chi connectivity index (χ3n) is 6.21.